The number of nitrogens with one attached hydrogen (secondary N) is 2. The Morgan fingerprint density at radius 2 is 1.79 bits per heavy atom. The molecular formula is C22H16F3N3O6. The summed E-state index contributed by atoms with van der Waals surface area (Å²) in [5, 5.41) is 25.3. The van der Waals surface area contributed by atoms with Gasteiger partial charge in [-0.05, 0) is 12.1 Å². The SMILES string of the molecule is O=C1N[C@@H](c2ccc(-c3cccc([N+](=O)[O-])c3)o2)[C@@H](C(=O)c2ccccc2)[C@](O)(C(F)(F)F)N1. The predicted molar refractivity (Wildman–Crippen MR) is 110 cm³/mol. The van der Waals surface area contributed by atoms with Gasteiger partial charge in [0.15, 0.2) is 5.78 Å². The fourth-order valence-electron chi connectivity index (χ4n) is 3.81. The molecule has 3 aromatic rings. The molecular weight excluding hydrogens is 459 g/mol. The van der Waals surface area contributed by atoms with Crippen molar-refractivity contribution in [1.82, 2.24) is 10.6 Å². The number of hydrogen-bond donors (Lipinski definition) is 3. The molecule has 2 heterocycles. The highest BCUT2D eigenvalue weighted by molar-refractivity contribution is 6.00. The van der Waals surface area contributed by atoms with E-state index in [2.05, 4.69) is 5.32 Å². The van der Waals surface area contributed by atoms with E-state index in [1.54, 1.807) is 6.07 Å². The van der Waals surface area contributed by atoms with Gasteiger partial charge in [0.25, 0.3) is 5.69 Å². The summed E-state index contributed by atoms with van der Waals surface area (Å²) in [5.74, 6) is -3.55. The van der Waals surface area contributed by atoms with Crippen LogP contribution in [-0.2, 0) is 0 Å². The number of urea groups is 1. The van der Waals surface area contributed by atoms with E-state index in [9.17, 15) is 38.0 Å². The van der Waals surface area contributed by atoms with Crippen molar-refractivity contribution in [1.29, 1.82) is 0 Å². The number of rotatable bonds is 5. The summed E-state index contributed by atoms with van der Waals surface area (Å²) in [6.07, 6.45) is -5.41. The Kier molecular flexibility index (Phi) is 5.61. The number of alkyl halides is 3. The quantitative estimate of drug-likeness (QED) is 0.291. The molecule has 0 bridgehead atoms. The molecule has 1 aliphatic heterocycles. The lowest BCUT2D eigenvalue weighted by Crippen LogP contribution is -2.72. The van der Waals surface area contributed by atoms with Gasteiger partial charge in [-0.25, -0.2) is 4.79 Å². The number of nitro groups is 1. The van der Waals surface area contributed by atoms with Crippen LogP contribution in [0, 0.1) is 16.0 Å². The van der Waals surface area contributed by atoms with Crippen molar-refractivity contribution in [3.05, 3.63) is 88.2 Å². The number of aliphatic hydroxyl groups is 1. The average Bonchev–Trinajstić information content (AvgIpc) is 3.28. The zero-order valence-electron chi connectivity index (χ0n) is 17.1. The molecule has 3 N–H and O–H groups in total. The monoisotopic (exact) mass is 475 g/mol. The first-order valence-electron chi connectivity index (χ1n) is 9.83. The highest BCUT2D eigenvalue weighted by atomic mass is 19.4. The van der Waals surface area contributed by atoms with E-state index in [1.807, 2.05) is 0 Å². The van der Waals surface area contributed by atoms with E-state index in [0.717, 1.165) is 0 Å². The number of ketones is 1. The second-order valence-corrected chi connectivity index (χ2v) is 7.56. The first kappa shape index (κ1) is 23.0. The largest absolute Gasteiger partial charge is 0.459 e. The van der Waals surface area contributed by atoms with Gasteiger partial charge in [-0.2, -0.15) is 13.2 Å². The maximum Gasteiger partial charge on any atom is 0.437 e. The molecule has 2 amide bonds. The molecule has 1 fully saturated rings. The van der Waals surface area contributed by atoms with Gasteiger partial charge in [0.1, 0.15) is 23.5 Å². The number of hydrogen-bond acceptors (Lipinski definition) is 6. The fourth-order valence-corrected chi connectivity index (χ4v) is 3.81. The second kappa shape index (κ2) is 8.30. The number of benzene rings is 2. The molecule has 0 saturated carbocycles. The van der Waals surface area contributed by atoms with Gasteiger partial charge in [0, 0.05) is 23.3 Å². The normalized spacial score (nSPS) is 22.5. The van der Waals surface area contributed by atoms with Crippen LogP contribution in [0.25, 0.3) is 11.3 Å². The number of nitro benzene ring substituents is 1. The first-order chi connectivity index (χ1) is 16.0. The highest BCUT2D eigenvalue weighted by Crippen LogP contribution is 2.44. The third kappa shape index (κ3) is 3.99. The Hall–Kier alpha value is -4.19. The Labute approximate surface area is 189 Å². The van der Waals surface area contributed by atoms with Crippen molar-refractivity contribution in [3.8, 4) is 11.3 Å². The van der Waals surface area contributed by atoms with Crippen LogP contribution in [0.4, 0.5) is 23.7 Å². The molecule has 1 saturated heterocycles. The lowest BCUT2D eigenvalue weighted by atomic mass is 9.79. The van der Waals surface area contributed by atoms with Gasteiger partial charge in [0.2, 0.25) is 5.72 Å². The average molecular weight is 475 g/mol. The highest BCUT2D eigenvalue weighted by Gasteiger charge is 2.66. The van der Waals surface area contributed by atoms with Crippen molar-refractivity contribution < 1.29 is 37.2 Å². The Bertz CT molecular complexity index is 1260. The third-order valence-corrected chi connectivity index (χ3v) is 5.42. The minimum atomic E-state index is -5.41. The third-order valence-electron chi connectivity index (χ3n) is 5.42. The minimum absolute atomic E-state index is 0.0490. The van der Waals surface area contributed by atoms with Crippen LogP contribution in [-0.4, -0.2) is 33.7 Å². The van der Waals surface area contributed by atoms with Crippen LogP contribution in [0.3, 0.4) is 0 Å². The molecule has 1 aliphatic rings. The van der Waals surface area contributed by atoms with Gasteiger partial charge in [-0.3, -0.25) is 14.9 Å². The maximum atomic E-state index is 14.0. The van der Waals surface area contributed by atoms with E-state index < -0.39 is 40.6 Å². The summed E-state index contributed by atoms with van der Waals surface area (Å²) in [7, 11) is 0. The van der Waals surface area contributed by atoms with Crippen LogP contribution in [0.1, 0.15) is 22.2 Å². The van der Waals surface area contributed by atoms with Gasteiger partial charge < -0.3 is 20.2 Å². The zero-order chi connectivity index (χ0) is 24.7. The molecule has 0 unspecified atom stereocenters. The van der Waals surface area contributed by atoms with E-state index in [0.29, 0.717) is 0 Å². The summed E-state index contributed by atoms with van der Waals surface area (Å²) in [4.78, 5) is 35.7. The van der Waals surface area contributed by atoms with Crippen molar-refractivity contribution in [3.63, 3.8) is 0 Å². The molecule has 176 valence electrons. The molecule has 2 aromatic carbocycles. The Morgan fingerprint density at radius 3 is 2.44 bits per heavy atom. The van der Waals surface area contributed by atoms with E-state index >= 15 is 0 Å². The lowest BCUT2D eigenvalue weighted by molar-refractivity contribution is -0.384. The van der Waals surface area contributed by atoms with Crippen molar-refractivity contribution in [2.24, 2.45) is 5.92 Å². The summed E-state index contributed by atoms with van der Waals surface area (Å²) >= 11 is 0. The van der Waals surface area contributed by atoms with Gasteiger partial charge in [-0.1, -0.05) is 42.5 Å². The number of non-ortho nitro benzene ring substituents is 1. The van der Waals surface area contributed by atoms with Crippen LogP contribution in [0.15, 0.2) is 71.1 Å². The predicted octanol–water partition coefficient (Wildman–Crippen LogP) is 3.96. The molecule has 0 aliphatic carbocycles. The van der Waals surface area contributed by atoms with Crippen LogP contribution in [0.5, 0.6) is 0 Å². The Morgan fingerprint density at radius 1 is 1.09 bits per heavy atom. The summed E-state index contributed by atoms with van der Waals surface area (Å²) in [6.45, 7) is 0. The van der Waals surface area contributed by atoms with Crippen molar-refractivity contribution in [2.45, 2.75) is 17.9 Å². The molecule has 0 radical (unpaired) electrons. The van der Waals surface area contributed by atoms with Crippen molar-refractivity contribution in [2.75, 3.05) is 0 Å². The molecule has 3 atom stereocenters. The zero-order valence-corrected chi connectivity index (χ0v) is 17.1. The number of halogens is 3. The minimum Gasteiger partial charge on any atom is -0.459 e. The number of Topliss-reactive ketones (excluding diaryl/α,β-unsaturated/α-hetero) is 1. The molecule has 12 heteroatoms. The molecule has 0 spiro atoms. The van der Waals surface area contributed by atoms with E-state index in [1.165, 1.54) is 66.0 Å². The first-order valence-corrected chi connectivity index (χ1v) is 9.83. The summed E-state index contributed by atoms with van der Waals surface area (Å²) < 4.78 is 47.5. The topological polar surface area (TPSA) is 135 Å². The summed E-state index contributed by atoms with van der Waals surface area (Å²) in [5.41, 5.74) is -4.01. The maximum absolute atomic E-state index is 14.0. The lowest BCUT2D eigenvalue weighted by Gasteiger charge is -2.44. The van der Waals surface area contributed by atoms with Gasteiger partial charge >= 0.3 is 12.2 Å². The second-order valence-electron chi connectivity index (χ2n) is 7.56. The number of nitrogens with zero attached hydrogens (tertiary/aromatic N) is 1. The number of carbonyl (C=O) groups excluding carboxylic acids is 2. The van der Waals surface area contributed by atoms with Crippen LogP contribution < -0.4 is 10.6 Å². The fraction of sp³-hybridized carbons (Fsp3) is 0.182. The Balaban J connectivity index is 1.80. The van der Waals surface area contributed by atoms with Crippen LogP contribution in [0.2, 0.25) is 0 Å². The van der Waals surface area contributed by atoms with E-state index in [4.69, 9.17) is 4.42 Å². The van der Waals surface area contributed by atoms with E-state index in [-0.39, 0.29) is 28.3 Å². The standard InChI is InChI=1S/C22H16F3N3O6/c23-22(24,25)21(31)17(19(29)12-5-2-1-3-6-12)18(26-20(30)27-21)16-10-9-15(34-16)13-7-4-8-14(11-13)28(32)33/h1-11,17-18,31H,(H2,26,27,30)/t17-,18-,21-/m0/s1. The molecule has 34 heavy (non-hydrogen) atoms. The summed E-state index contributed by atoms with van der Waals surface area (Å²) in [6, 6.07) is 11.8. The van der Waals surface area contributed by atoms with Crippen LogP contribution >= 0.6 is 0 Å². The number of furan rings is 1. The molecule has 9 nitrogen and oxygen atoms in total. The van der Waals surface area contributed by atoms with Gasteiger partial charge in [0.05, 0.1) is 4.92 Å². The number of amides is 2. The van der Waals surface area contributed by atoms with Crippen molar-refractivity contribution >= 4 is 17.5 Å². The molecule has 1 aromatic heterocycles. The number of carbonyl (C=O) groups is 2. The smallest absolute Gasteiger partial charge is 0.437 e. The van der Waals surface area contributed by atoms with Gasteiger partial charge in [-0.15, -0.1) is 0 Å². The molecule has 4 rings (SSSR count).